The summed E-state index contributed by atoms with van der Waals surface area (Å²) in [5.41, 5.74) is -1.50. The lowest BCUT2D eigenvalue weighted by molar-refractivity contribution is -0.137. The maximum Gasteiger partial charge on any atom is 0.417 e. The fraction of sp³-hybridized carbons (Fsp3) is 0.118. The van der Waals surface area contributed by atoms with Crippen molar-refractivity contribution < 1.29 is 32.3 Å². The van der Waals surface area contributed by atoms with Gasteiger partial charge in [-0.1, -0.05) is 17.7 Å². The normalized spacial score (nSPS) is 10.6. The Morgan fingerprint density at radius 3 is 2.35 bits per heavy atom. The molecule has 2 aromatic carbocycles. The second-order valence-electron chi connectivity index (χ2n) is 5.09. The summed E-state index contributed by atoms with van der Waals surface area (Å²) < 4.78 is 44.3. The first-order valence-electron chi connectivity index (χ1n) is 7.09. The summed E-state index contributed by atoms with van der Waals surface area (Å²) in [5.74, 6) is -1.18. The van der Waals surface area contributed by atoms with Crippen molar-refractivity contribution in [3.8, 4) is 5.75 Å². The fourth-order valence-electron chi connectivity index (χ4n) is 2.00. The van der Waals surface area contributed by atoms with Gasteiger partial charge in [0.1, 0.15) is 5.75 Å². The Bertz CT molecular complexity index is 886. The van der Waals surface area contributed by atoms with Crippen molar-refractivity contribution in [2.24, 2.45) is 4.99 Å². The van der Waals surface area contributed by atoms with Crippen molar-refractivity contribution in [3.05, 3.63) is 59.2 Å². The van der Waals surface area contributed by atoms with Crippen molar-refractivity contribution in [3.63, 3.8) is 0 Å². The minimum atomic E-state index is -4.90. The van der Waals surface area contributed by atoms with Crippen molar-refractivity contribution in [1.82, 2.24) is 0 Å². The minimum Gasteiger partial charge on any atom is -0.410 e. The molecule has 0 spiro atoms. The van der Waals surface area contributed by atoms with Crippen LogP contribution in [0.25, 0.3) is 0 Å². The molecule has 0 bridgehead atoms. The van der Waals surface area contributed by atoms with Gasteiger partial charge in [0, 0.05) is 5.69 Å². The van der Waals surface area contributed by atoms with Crippen LogP contribution in [-0.4, -0.2) is 18.1 Å². The summed E-state index contributed by atoms with van der Waals surface area (Å²) in [5, 5.41) is 2.14. The lowest BCUT2D eigenvalue weighted by Crippen LogP contribution is -2.18. The van der Waals surface area contributed by atoms with Gasteiger partial charge in [0.05, 0.1) is 11.1 Å². The third-order valence-corrected chi connectivity index (χ3v) is 3.18. The van der Waals surface area contributed by atoms with Crippen LogP contribution in [0, 0.1) is 6.92 Å². The van der Waals surface area contributed by atoms with Gasteiger partial charge in [-0.05, 0) is 37.3 Å². The van der Waals surface area contributed by atoms with E-state index in [1.807, 2.05) is 6.92 Å². The monoisotopic (exact) mass is 364 g/mol. The van der Waals surface area contributed by atoms with Gasteiger partial charge in [-0.25, -0.2) is 9.59 Å². The number of nitrogens with one attached hydrogen (secondary N) is 1. The Morgan fingerprint density at radius 2 is 1.77 bits per heavy atom. The van der Waals surface area contributed by atoms with Gasteiger partial charge < -0.3 is 4.74 Å². The average molecular weight is 364 g/mol. The smallest absolute Gasteiger partial charge is 0.410 e. The molecule has 0 fully saturated rings. The SMILES string of the molecule is Cc1ccc(OC(=O)Nc2ccc(C(=O)N=C=O)c(C(F)(F)F)c2)cc1. The van der Waals surface area contributed by atoms with E-state index >= 15 is 0 Å². The fourth-order valence-corrected chi connectivity index (χ4v) is 2.00. The zero-order valence-electron chi connectivity index (χ0n) is 13.3. The number of carbonyl (C=O) groups excluding carboxylic acids is 3. The van der Waals surface area contributed by atoms with Crippen LogP contribution in [0.4, 0.5) is 23.7 Å². The lowest BCUT2D eigenvalue weighted by atomic mass is 10.1. The highest BCUT2D eigenvalue weighted by Gasteiger charge is 2.35. The van der Waals surface area contributed by atoms with Crippen LogP contribution < -0.4 is 10.1 Å². The van der Waals surface area contributed by atoms with Crippen LogP contribution >= 0.6 is 0 Å². The molecule has 134 valence electrons. The van der Waals surface area contributed by atoms with Gasteiger partial charge in [-0.2, -0.15) is 13.2 Å². The predicted molar refractivity (Wildman–Crippen MR) is 84.7 cm³/mol. The van der Waals surface area contributed by atoms with Gasteiger partial charge in [-0.3, -0.25) is 10.1 Å². The van der Waals surface area contributed by atoms with E-state index in [4.69, 9.17) is 4.74 Å². The van der Waals surface area contributed by atoms with E-state index in [0.717, 1.165) is 23.8 Å². The standard InChI is InChI=1S/C17H11F3N2O4/c1-10-2-5-12(6-3-10)26-16(25)22-11-4-7-13(15(24)21-9-23)14(8-11)17(18,19)20/h2-8H,1H3,(H,22,25). The molecule has 2 amide bonds. The van der Waals surface area contributed by atoms with Crippen LogP contribution in [0.3, 0.4) is 0 Å². The molecule has 0 aliphatic heterocycles. The minimum absolute atomic E-state index is 0.205. The second-order valence-corrected chi connectivity index (χ2v) is 5.09. The summed E-state index contributed by atoms with van der Waals surface area (Å²) in [4.78, 5) is 36.0. The molecular weight excluding hydrogens is 353 g/mol. The molecule has 2 aromatic rings. The molecule has 0 unspecified atom stereocenters. The molecule has 0 saturated carbocycles. The van der Waals surface area contributed by atoms with Crippen LogP contribution in [0.5, 0.6) is 5.75 Å². The number of nitrogens with zero attached hydrogens (tertiary/aromatic N) is 1. The molecule has 0 saturated heterocycles. The number of hydrogen-bond acceptors (Lipinski definition) is 4. The van der Waals surface area contributed by atoms with Crippen molar-refractivity contribution in [2.45, 2.75) is 13.1 Å². The summed E-state index contributed by atoms with van der Waals surface area (Å²) >= 11 is 0. The Balaban J connectivity index is 2.24. The first-order chi connectivity index (χ1) is 12.2. The zero-order chi connectivity index (χ0) is 19.3. The Hall–Kier alpha value is -3.45. The number of isocyanates is 1. The maximum atomic E-state index is 13.1. The molecule has 0 radical (unpaired) electrons. The molecule has 26 heavy (non-hydrogen) atoms. The highest BCUT2D eigenvalue weighted by molar-refractivity contribution is 5.99. The number of aliphatic imine (C=N–C) groups is 1. The highest BCUT2D eigenvalue weighted by atomic mass is 19.4. The quantitative estimate of drug-likeness (QED) is 0.656. The van der Waals surface area contributed by atoms with E-state index in [1.165, 1.54) is 12.1 Å². The number of hydrogen-bond donors (Lipinski definition) is 1. The molecule has 0 aromatic heterocycles. The van der Waals surface area contributed by atoms with E-state index in [-0.39, 0.29) is 11.4 Å². The van der Waals surface area contributed by atoms with E-state index in [0.29, 0.717) is 6.07 Å². The van der Waals surface area contributed by atoms with Gasteiger partial charge in [-0.15, -0.1) is 4.99 Å². The van der Waals surface area contributed by atoms with Crippen molar-refractivity contribution in [1.29, 1.82) is 0 Å². The largest absolute Gasteiger partial charge is 0.417 e. The van der Waals surface area contributed by atoms with Gasteiger partial charge in [0.25, 0.3) is 5.91 Å². The van der Waals surface area contributed by atoms with Gasteiger partial charge in [0.15, 0.2) is 0 Å². The van der Waals surface area contributed by atoms with Crippen LogP contribution in [-0.2, 0) is 11.0 Å². The number of amides is 2. The zero-order valence-corrected chi connectivity index (χ0v) is 13.3. The van der Waals surface area contributed by atoms with E-state index < -0.39 is 29.3 Å². The number of alkyl halides is 3. The molecule has 9 heteroatoms. The second kappa shape index (κ2) is 7.62. The number of ether oxygens (including phenoxy) is 1. The van der Waals surface area contributed by atoms with Crippen LogP contribution in [0.15, 0.2) is 47.5 Å². The number of rotatable bonds is 3. The third-order valence-electron chi connectivity index (χ3n) is 3.18. The average Bonchev–Trinajstić information content (AvgIpc) is 2.56. The van der Waals surface area contributed by atoms with E-state index in [9.17, 15) is 27.6 Å². The number of anilines is 1. The summed E-state index contributed by atoms with van der Waals surface area (Å²) in [6, 6.07) is 8.83. The number of carbonyl (C=O) groups is 2. The van der Waals surface area contributed by atoms with E-state index in [1.54, 1.807) is 12.1 Å². The number of halogens is 3. The molecular formula is C17H11F3N2O4. The molecule has 2 rings (SSSR count). The van der Waals surface area contributed by atoms with Gasteiger partial charge in [0.2, 0.25) is 6.08 Å². The summed E-state index contributed by atoms with van der Waals surface area (Å²) in [6.07, 6.45) is -5.02. The first kappa shape index (κ1) is 18.9. The Morgan fingerprint density at radius 1 is 1.12 bits per heavy atom. The number of benzene rings is 2. The summed E-state index contributed by atoms with van der Waals surface area (Å²) in [7, 11) is 0. The van der Waals surface area contributed by atoms with E-state index in [2.05, 4.69) is 10.3 Å². The Labute approximate surface area is 145 Å². The molecule has 0 atom stereocenters. The topological polar surface area (TPSA) is 84.8 Å². The van der Waals surface area contributed by atoms with Crippen LogP contribution in [0.1, 0.15) is 21.5 Å². The number of aryl methyl sites for hydroxylation is 1. The highest BCUT2D eigenvalue weighted by Crippen LogP contribution is 2.34. The molecule has 0 heterocycles. The third kappa shape index (κ3) is 4.78. The van der Waals surface area contributed by atoms with Gasteiger partial charge >= 0.3 is 12.3 Å². The molecule has 0 aliphatic rings. The first-order valence-corrected chi connectivity index (χ1v) is 7.09. The lowest BCUT2D eigenvalue weighted by Gasteiger charge is -2.13. The van der Waals surface area contributed by atoms with Crippen LogP contribution in [0.2, 0.25) is 0 Å². The molecule has 1 N–H and O–H groups in total. The van der Waals surface area contributed by atoms with Crippen molar-refractivity contribution >= 4 is 23.8 Å². The van der Waals surface area contributed by atoms with Crippen molar-refractivity contribution in [2.75, 3.05) is 5.32 Å². The molecule has 6 nitrogen and oxygen atoms in total. The Kier molecular flexibility index (Phi) is 5.54. The summed E-state index contributed by atoms with van der Waals surface area (Å²) in [6.45, 7) is 1.83. The molecule has 0 aliphatic carbocycles. The predicted octanol–water partition coefficient (Wildman–Crippen LogP) is 4.10. The maximum absolute atomic E-state index is 13.1.